The minimum Gasteiger partial charge on any atom is -0.339 e. The summed E-state index contributed by atoms with van der Waals surface area (Å²) in [5.74, 6) is -0.557. The second-order valence-electron chi connectivity index (χ2n) is 4.97. The Kier molecular flexibility index (Phi) is 5.11. The molecule has 5 nitrogen and oxygen atoms in total. The summed E-state index contributed by atoms with van der Waals surface area (Å²) in [7, 11) is 0. The molecule has 0 saturated carbocycles. The zero-order chi connectivity index (χ0) is 17.8. The van der Waals surface area contributed by atoms with Crippen molar-refractivity contribution in [3.05, 3.63) is 76.4 Å². The van der Waals surface area contributed by atoms with Crippen LogP contribution in [0.5, 0.6) is 0 Å². The number of nitrogens with one attached hydrogen (secondary N) is 2. The predicted molar refractivity (Wildman–Crippen MR) is 96.1 cm³/mol. The molecule has 0 radical (unpaired) electrons. The van der Waals surface area contributed by atoms with Crippen LogP contribution in [0, 0.1) is 5.82 Å². The third kappa shape index (κ3) is 4.23. The smallest absolute Gasteiger partial charge is 0.275 e. The Morgan fingerprint density at radius 2 is 1.80 bits per heavy atom. The Morgan fingerprint density at radius 1 is 1.00 bits per heavy atom. The molecule has 0 bridgehead atoms. The van der Waals surface area contributed by atoms with Crippen LogP contribution in [0.2, 0.25) is 10.0 Å². The largest absolute Gasteiger partial charge is 0.339 e. The van der Waals surface area contributed by atoms with Gasteiger partial charge in [-0.2, -0.15) is 0 Å². The number of amides is 1. The fourth-order valence-electron chi connectivity index (χ4n) is 1.98. The average molecular weight is 377 g/mol. The summed E-state index contributed by atoms with van der Waals surface area (Å²) >= 11 is 11.7. The second-order valence-corrected chi connectivity index (χ2v) is 5.79. The van der Waals surface area contributed by atoms with Crippen molar-refractivity contribution in [2.45, 2.75) is 0 Å². The van der Waals surface area contributed by atoms with Crippen LogP contribution in [-0.2, 0) is 0 Å². The summed E-state index contributed by atoms with van der Waals surface area (Å²) in [5.41, 5.74) is 1.16. The van der Waals surface area contributed by atoms with Gasteiger partial charge in [-0.3, -0.25) is 4.79 Å². The molecule has 0 aliphatic carbocycles. The van der Waals surface area contributed by atoms with Crippen LogP contribution in [0.3, 0.4) is 0 Å². The van der Waals surface area contributed by atoms with Crippen LogP contribution < -0.4 is 10.6 Å². The molecule has 1 amide bonds. The maximum absolute atomic E-state index is 13.1. The van der Waals surface area contributed by atoms with Gasteiger partial charge in [-0.15, -0.1) is 0 Å². The Bertz CT molecular complexity index is 919. The number of halogens is 3. The van der Waals surface area contributed by atoms with Gasteiger partial charge >= 0.3 is 0 Å². The van der Waals surface area contributed by atoms with Gasteiger partial charge < -0.3 is 10.6 Å². The van der Waals surface area contributed by atoms with E-state index >= 15 is 0 Å². The molecule has 0 spiro atoms. The first kappa shape index (κ1) is 17.1. The standard InChI is InChI=1S/C17H11Cl2FN4O/c18-11-3-1-2-4-14(11)24-17(25)15-8-22-16(9-21-15)23-10-5-6-13(20)12(19)7-10/h1-9H,(H,22,23)(H,24,25). The van der Waals surface area contributed by atoms with Crippen molar-refractivity contribution in [2.24, 2.45) is 0 Å². The average Bonchev–Trinajstić information content (AvgIpc) is 2.61. The van der Waals surface area contributed by atoms with Gasteiger partial charge in [0, 0.05) is 5.69 Å². The zero-order valence-electron chi connectivity index (χ0n) is 12.6. The highest BCUT2D eigenvalue weighted by Crippen LogP contribution is 2.22. The molecule has 0 aliphatic rings. The highest BCUT2D eigenvalue weighted by molar-refractivity contribution is 6.33. The van der Waals surface area contributed by atoms with Crippen molar-refractivity contribution >= 4 is 46.3 Å². The first-order chi connectivity index (χ1) is 12.0. The molecule has 2 N–H and O–H groups in total. The summed E-state index contributed by atoms with van der Waals surface area (Å²) in [6, 6.07) is 11.1. The van der Waals surface area contributed by atoms with E-state index in [1.54, 1.807) is 24.3 Å². The van der Waals surface area contributed by atoms with E-state index in [1.807, 2.05) is 0 Å². The molecule has 0 saturated heterocycles. The molecule has 0 atom stereocenters. The van der Waals surface area contributed by atoms with Crippen molar-refractivity contribution < 1.29 is 9.18 Å². The summed E-state index contributed by atoms with van der Waals surface area (Å²) in [6.07, 6.45) is 2.71. The van der Waals surface area contributed by atoms with Gasteiger partial charge in [-0.1, -0.05) is 35.3 Å². The third-order valence-electron chi connectivity index (χ3n) is 3.20. The number of anilines is 3. The van der Waals surface area contributed by atoms with Crippen molar-refractivity contribution in [3.8, 4) is 0 Å². The van der Waals surface area contributed by atoms with Gasteiger partial charge in [-0.05, 0) is 30.3 Å². The van der Waals surface area contributed by atoms with Crippen LogP contribution in [0.15, 0.2) is 54.9 Å². The topological polar surface area (TPSA) is 66.9 Å². The number of rotatable bonds is 4. The molecular weight excluding hydrogens is 366 g/mol. The third-order valence-corrected chi connectivity index (χ3v) is 3.82. The molecule has 3 aromatic rings. The van der Waals surface area contributed by atoms with Crippen molar-refractivity contribution in [2.75, 3.05) is 10.6 Å². The number of hydrogen-bond acceptors (Lipinski definition) is 4. The van der Waals surface area contributed by atoms with E-state index in [9.17, 15) is 9.18 Å². The van der Waals surface area contributed by atoms with Gasteiger partial charge in [0.2, 0.25) is 0 Å². The predicted octanol–water partition coefficient (Wildman–Crippen LogP) is 4.92. The van der Waals surface area contributed by atoms with E-state index in [4.69, 9.17) is 23.2 Å². The van der Waals surface area contributed by atoms with Gasteiger partial charge in [0.05, 0.1) is 28.1 Å². The molecule has 1 heterocycles. The number of aromatic nitrogens is 2. The fraction of sp³-hybridized carbons (Fsp3) is 0. The fourth-order valence-corrected chi connectivity index (χ4v) is 2.34. The van der Waals surface area contributed by atoms with E-state index in [1.165, 1.54) is 30.6 Å². The van der Waals surface area contributed by atoms with Gasteiger partial charge in [0.1, 0.15) is 17.3 Å². The minimum absolute atomic E-state index is 0.00584. The van der Waals surface area contributed by atoms with Crippen LogP contribution in [0.1, 0.15) is 10.5 Å². The summed E-state index contributed by atoms with van der Waals surface area (Å²) in [5, 5.41) is 6.00. The van der Waals surface area contributed by atoms with E-state index in [0.29, 0.717) is 22.2 Å². The molecule has 2 aromatic carbocycles. The molecular formula is C17H11Cl2FN4O. The molecule has 1 aromatic heterocycles. The van der Waals surface area contributed by atoms with E-state index in [-0.39, 0.29) is 10.7 Å². The zero-order valence-corrected chi connectivity index (χ0v) is 14.1. The summed E-state index contributed by atoms with van der Waals surface area (Å²) in [6.45, 7) is 0. The van der Waals surface area contributed by atoms with E-state index in [2.05, 4.69) is 20.6 Å². The summed E-state index contributed by atoms with van der Waals surface area (Å²) < 4.78 is 13.1. The molecule has 25 heavy (non-hydrogen) atoms. The number of hydrogen-bond donors (Lipinski definition) is 2. The Balaban J connectivity index is 1.70. The highest BCUT2D eigenvalue weighted by atomic mass is 35.5. The normalized spacial score (nSPS) is 10.4. The first-order valence-corrected chi connectivity index (χ1v) is 7.88. The number of para-hydroxylation sites is 1. The van der Waals surface area contributed by atoms with Crippen LogP contribution >= 0.6 is 23.2 Å². The minimum atomic E-state index is -0.509. The summed E-state index contributed by atoms with van der Waals surface area (Å²) in [4.78, 5) is 20.3. The Hall–Kier alpha value is -2.70. The second kappa shape index (κ2) is 7.46. The maximum Gasteiger partial charge on any atom is 0.275 e. The van der Waals surface area contributed by atoms with E-state index < -0.39 is 11.7 Å². The van der Waals surface area contributed by atoms with Crippen molar-refractivity contribution in [3.63, 3.8) is 0 Å². The maximum atomic E-state index is 13.1. The van der Waals surface area contributed by atoms with Gasteiger partial charge in [0.25, 0.3) is 5.91 Å². The van der Waals surface area contributed by atoms with Crippen LogP contribution in [0.4, 0.5) is 21.6 Å². The lowest BCUT2D eigenvalue weighted by atomic mass is 10.3. The Morgan fingerprint density at radius 3 is 2.48 bits per heavy atom. The molecule has 3 rings (SSSR count). The number of carbonyl (C=O) groups excluding carboxylic acids is 1. The lowest BCUT2D eigenvalue weighted by molar-refractivity contribution is 0.102. The molecule has 8 heteroatoms. The number of nitrogens with zero attached hydrogens (tertiary/aromatic N) is 2. The molecule has 0 unspecified atom stereocenters. The van der Waals surface area contributed by atoms with E-state index in [0.717, 1.165) is 0 Å². The van der Waals surface area contributed by atoms with Gasteiger partial charge in [0.15, 0.2) is 0 Å². The number of benzene rings is 2. The monoisotopic (exact) mass is 376 g/mol. The number of carbonyl (C=O) groups is 1. The quantitative estimate of drug-likeness (QED) is 0.678. The molecule has 0 aliphatic heterocycles. The lowest BCUT2D eigenvalue weighted by Gasteiger charge is -2.08. The van der Waals surface area contributed by atoms with Crippen LogP contribution in [-0.4, -0.2) is 15.9 Å². The highest BCUT2D eigenvalue weighted by Gasteiger charge is 2.10. The lowest BCUT2D eigenvalue weighted by Crippen LogP contribution is -2.14. The molecule has 0 fully saturated rings. The van der Waals surface area contributed by atoms with Gasteiger partial charge in [-0.25, -0.2) is 14.4 Å². The van der Waals surface area contributed by atoms with Crippen LogP contribution in [0.25, 0.3) is 0 Å². The SMILES string of the molecule is O=C(Nc1ccccc1Cl)c1cnc(Nc2ccc(F)c(Cl)c2)cn1. The van der Waals surface area contributed by atoms with Crippen molar-refractivity contribution in [1.82, 2.24) is 9.97 Å². The first-order valence-electron chi connectivity index (χ1n) is 7.13. The Labute approximate surface area is 152 Å². The van der Waals surface area contributed by atoms with Crippen molar-refractivity contribution in [1.29, 1.82) is 0 Å². The molecule has 126 valence electrons.